The maximum absolute atomic E-state index is 13.3. The van der Waals surface area contributed by atoms with Crippen LogP contribution in [0.4, 0.5) is 8.78 Å². The molecule has 0 bridgehead atoms. The number of ether oxygens (including phenoxy) is 1. The number of ketones is 1. The number of esters is 1. The molecule has 0 spiro atoms. The second kappa shape index (κ2) is 6.84. The first kappa shape index (κ1) is 16.8. The fraction of sp³-hybridized carbons (Fsp3) is 0.158. The van der Waals surface area contributed by atoms with Crippen LogP contribution in [0.5, 0.6) is 0 Å². The number of hydrogen-bond acceptors (Lipinski definition) is 3. The Kier molecular flexibility index (Phi) is 4.61. The Morgan fingerprint density at radius 3 is 2.48 bits per heavy atom. The number of Topliss-reactive ketones (excluding diaryl/α,β-unsaturated/α-hetero) is 1. The quantitative estimate of drug-likeness (QED) is 0.563. The molecular formula is C19H15F2NO3. The van der Waals surface area contributed by atoms with Crippen LogP contribution < -0.4 is 0 Å². The van der Waals surface area contributed by atoms with Gasteiger partial charge in [-0.15, -0.1) is 0 Å². The van der Waals surface area contributed by atoms with Gasteiger partial charge in [-0.05, 0) is 23.8 Å². The van der Waals surface area contributed by atoms with Crippen molar-refractivity contribution in [2.45, 2.75) is 12.3 Å². The van der Waals surface area contributed by atoms with E-state index in [0.717, 1.165) is 23.0 Å². The number of benzene rings is 2. The normalized spacial score (nSPS) is 12.1. The Hall–Kier alpha value is -3.02. The fourth-order valence-electron chi connectivity index (χ4n) is 2.86. The molecule has 2 aromatic carbocycles. The van der Waals surface area contributed by atoms with Gasteiger partial charge < -0.3 is 9.72 Å². The van der Waals surface area contributed by atoms with Gasteiger partial charge in [0.1, 0.15) is 11.6 Å². The van der Waals surface area contributed by atoms with Crippen molar-refractivity contribution in [1.82, 2.24) is 4.98 Å². The number of methoxy groups -OCH3 is 1. The summed E-state index contributed by atoms with van der Waals surface area (Å²) in [5.41, 5.74) is 1.30. The van der Waals surface area contributed by atoms with Crippen molar-refractivity contribution in [3.8, 4) is 0 Å². The molecule has 1 unspecified atom stereocenters. The number of aromatic nitrogens is 1. The molecule has 1 N–H and O–H groups in total. The first-order valence-electron chi connectivity index (χ1n) is 7.62. The summed E-state index contributed by atoms with van der Waals surface area (Å²) in [4.78, 5) is 27.7. The lowest BCUT2D eigenvalue weighted by Gasteiger charge is -2.13. The fourth-order valence-corrected chi connectivity index (χ4v) is 2.86. The first-order valence-corrected chi connectivity index (χ1v) is 7.62. The summed E-state index contributed by atoms with van der Waals surface area (Å²) in [6, 6.07) is 9.92. The molecule has 6 heteroatoms. The number of aromatic amines is 1. The molecule has 1 atom stereocenters. The topological polar surface area (TPSA) is 59.2 Å². The van der Waals surface area contributed by atoms with Crippen LogP contribution in [0, 0.1) is 11.6 Å². The Balaban J connectivity index is 1.97. The van der Waals surface area contributed by atoms with E-state index in [1.165, 1.54) is 7.11 Å². The van der Waals surface area contributed by atoms with Crippen LogP contribution in [0.25, 0.3) is 10.9 Å². The van der Waals surface area contributed by atoms with Gasteiger partial charge in [0.2, 0.25) is 0 Å². The number of rotatable bonds is 5. The number of carbonyl (C=O) groups is 2. The molecule has 0 saturated heterocycles. The number of H-pyrrole nitrogens is 1. The van der Waals surface area contributed by atoms with Gasteiger partial charge in [-0.2, -0.15) is 0 Å². The Bertz CT molecular complexity index is 928. The van der Waals surface area contributed by atoms with Crippen LogP contribution in [-0.4, -0.2) is 23.8 Å². The highest BCUT2D eigenvalue weighted by atomic mass is 19.1. The van der Waals surface area contributed by atoms with Gasteiger partial charge in [0.15, 0.2) is 5.78 Å². The summed E-state index contributed by atoms with van der Waals surface area (Å²) >= 11 is 0. The van der Waals surface area contributed by atoms with Gasteiger partial charge in [-0.1, -0.05) is 18.2 Å². The first-order chi connectivity index (χ1) is 12.0. The lowest BCUT2D eigenvalue weighted by molar-refractivity contribution is -0.142. The summed E-state index contributed by atoms with van der Waals surface area (Å²) in [6.07, 6.45) is 1.39. The molecule has 0 amide bonds. The summed E-state index contributed by atoms with van der Waals surface area (Å²) < 4.78 is 31.5. The molecule has 0 saturated carbocycles. The lowest BCUT2D eigenvalue weighted by atomic mass is 9.91. The van der Waals surface area contributed by atoms with Gasteiger partial charge in [-0.3, -0.25) is 9.59 Å². The van der Waals surface area contributed by atoms with E-state index in [9.17, 15) is 18.4 Å². The average molecular weight is 343 g/mol. The molecule has 1 heterocycles. The van der Waals surface area contributed by atoms with Gasteiger partial charge in [-0.25, -0.2) is 8.78 Å². The molecule has 0 fully saturated rings. The van der Waals surface area contributed by atoms with E-state index in [1.54, 1.807) is 6.20 Å². The molecular weight excluding hydrogens is 328 g/mol. The third kappa shape index (κ3) is 3.42. The minimum absolute atomic E-state index is 0.119. The highest BCUT2D eigenvalue weighted by Crippen LogP contribution is 2.30. The Labute approximate surface area is 142 Å². The van der Waals surface area contributed by atoms with Crippen LogP contribution in [0.1, 0.15) is 28.3 Å². The molecule has 0 aliphatic rings. The van der Waals surface area contributed by atoms with E-state index in [4.69, 9.17) is 4.74 Å². The van der Waals surface area contributed by atoms with Crippen molar-refractivity contribution >= 4 is 22.7 Å². The minimum Gasteiger partial charge on any atom is -0.469 e. The van der Waals surface area contributed by atoms with Crippen molar-refractivity contribution in [2.75, 3.05) is 7.11 Å². The zero-order valence-electron chi connectivity index (χ0n) is 13.4. The highest BCUT2D eigenvalue weighted by Gasteiger charge is 2.28. The van der Waals surface area contributed by atoms with Gasteiger partial charge >= 0.3 is 5.97 Å². The predicted octanol–water partition coefficient (Wildman–Crippen LogP) is 3.98. The number of hydrogen-bond donors (Lipinski definition) is 1. The Morgan fingerprint density at radius 1 is 1.12 bits per heavy atom. The number of halogens is 2. The smallest absolute Gasteiger partial charge is 0.313 e. The van der Waals surface area contributed by atoms with E-state index < -0.39 is 29.3 Å². The molecule has 0 radical (unpaired) electrons. The second-order valence-corrected chi connectivity index (χ2v) is 5.65. The minimum atomic E-state index is -0.875. The Morgan fingerprint density at radius 2 is 1.80 bits per heavy atom. The van der Waals surface area contributed by atoms with Crippen LogP contribution >= 0.6 is 0 Å². The van der Waals surface area contributed by atoms with Crippen LogP contribution in [0.2, 0.25) is 0 Å². The number of nitrogens with one attached hydrogen (secondary N) is 1. The molecule has 3 aromatic rings. The summed E-state index contributed by atoms with van der Waals surface area (Å²) in [5, 5.41) is 0.788. The molecule has 4 nitrogen and oxygen atoms in total. The summed E-state index contributed by atoms with van der Waals surface area (Å²) in [7, 11) is 1.23. The number of carbonyl (C=O) groups excluding carboxylic acids is 2. The summed E-state index contributed by atoms with van der Waals surface area (Å²) in [5.74, 6) is -3.69. The van der Waals surface area contributed by atoms with E-state index in [0.29, 0.717) is 11.6 Å². The van der Waals surface area contributed by atoms with Crippen molar-refractivity contribution < 1.29 is 23.1 Å². The molecule has 0 aliphatic heterocycles. The summed E-state index contributed by atoms with van der Waals surface area (Å²) in [6.45, 7) is 0. The van der Waals surface area contributed by atoms with Gasteiger partial charge in [0.25, 0.3) is 0 Å². The third-order valence-corrected chi connectivity index (χ3v) is 4.06. The number of para-hydroxylation sites is 1. The van der Waals surface area contributed by atoms with Gasteiger partial charge in [0.05, 0.1) is 13.0 Å². The van der Waals surface area contributed by atoms with Gasteiger partial charge in [0, 0.05) is 35.2 Å². The molecule has 1 aromatic heterocycles. The molecule has 0 aliphatic carbocycles. The van der Waals surface area contributed by atoms with E-state index in [-0.39, 0.29) is 12.0 Å². The molecule has 3 rings (SSSR count). The largest absolute Gasteiger partial charge is 0.469 e. The highest BCUT2D eigenvalue weighted by molar-refractivity contribution is 6.00. The van der Waals surface area contributed by atoms with Crippen molar-refractivity contribution in [3.05, 3.63) is 71.4 Å². The predicted molar refractivity (Wildman–Crippen MR) is 88.4 cm³/mol. The van der Waals surface area contributed by atoms with Crippen LogP contribution in [0.3, 0.4) is 0 Å². The average Bonchev–Trinajstić information content (AvgIpc) is 3.01. The zero-order chi connectivity index (χ0) is 18.0. The number of fused-ring (bicyclic) bond motifs is 1. The lowest BCUT2D eigenvalue weighted by Crippen LogP contribution is -2.18. The van der Waals surface area contributed by atoms with Crippen molar-refractivity contribution in [2.24, 2.45) is 0 Å². The van der Waals surface area contributed by atoms with Crippen molar-refractivity contribution in [1.29, 1.82) is 0 Å². The second-order valence-electron chi connectivity index (χ2n) is 5.65. The van der Waals surface area contributed by atoms with Crippen LogP contribution in [0.15, 0.2) is 48.7 Å². The van der Waals surface area contributed by atoms with Crippen molar-refractivity contribution in [3.63, 3.8) is 0 Å². The third-order valence-electron chi connectivity index (χ3n) is 4.06. The van der Waals surface area contributed by atoms with E-state index in [2.05, 4.69) is 4.98 Å². The SMILES string of the molecule is COC(=O)C(CC(=O)c1cc(F)cc(F)c1)c1c[nH]c2ccccc12. The standard InChI is InChI=1S/C19H15F2NO3/c1-25-19(24)15(16-10-22-17-5-3-2-4-14(16)17)9-18(23)11-6-12(20)8-13(21)7-11/h2-8,10,15,22H,9H2,1H3. The maximum Gasteiger partial charge on any atom is 0.313 e. The monoisotopic (exact) mass is 343 g/mol. The van der Waals surface area contributed by atoms with Crippen LogP contribution in [-0.2, 0) is 9.53 Å². The molecule has 25 heavy (non-hydrogen) atoms. The van der Waals surface area contributed by atoms with E-state index in [1.807, 2.05) is 24.3 Å². The molecule has 128 valence electrons. The maximum atomic E-state index is 13.3. The zero-order valence-corrected chi connectivity index (χ0v) is 13.4. The van der Waals surface area contributed by atoms with E-state index >= 15 is 0 Å².